The third-order valence-corrected chi connectivity index (χ3v) is 9.72. The Bertz CT molecular complexity index is 1400. The molecular formula is C26H28FN5O2P+. The van der Waals surface area contributed by atoms with Crippen LogP contribution in [0.15, 0.2) is 59.7 Å². The van der Waals surface area contributed by atoms with E-state index in [4.69, 9.17) is 0 Å². The topological polar surface area (TPSA) is 95.0 Å². The van der Waals surface area contributed by atoms with E-state index in [-0.39, 0.29) is 11.4 Å². The smallest absolute Gasteiger partial charge is 0.272 e. The Kier molecular flexibility index (Phi) is 6.58. The van der Waals surface area contributed by atoms with Gasteiger partial charge in [0.1, 0.15) is 12.3 Å². The van der Waals surface area contributed by atoms with Crippen molar-refractivity contribution in [3.05, 3.63) is 87.9 Å². The summed E-state index contributed by atoms with van der Waals surface area (Å²) in [5.74, 6) is 0.277. The quantitative estimate of drug-likeness (QED) is 0.401. The fraction of sp³-hybridized carbons (Fsp3) is 0.308. The first-order valence-corrected chi connectivity index (χ1v) is 14.0. The summed E-state index contributed by atoms with van der Waals surface area (Å²) in [7, 11) is -2.67. The van der Waals surface area contributed by atoms with Crippen LogP contribution in [0.3, 0.4) is 0 Å². The Morgan fingerprint density at radius 2 is 1.77 bits per heavy atom. The molecule has 2 N–H and O–H groups in total. The van der Waals surface area contributed by atoms with Crippen molar-refractivity contribution < 1.29 is 9.28 Å². The molecule has 9 heteroatoms. The number of benzene rings is 2. The second kappa shape index (κ2) is 9.80. The number of hydrogen-bond acceptors (Lipinski definition) is 6. The number of aryl methyl sites for hydroxylation is 1. The molecule has 7 nitrogen and oxygen atoms in total. The van der Waals surface area contributed by atoms with Crippen LogP contribution in [0.25, 0.3) is 10.8 Å². The first-order valence-electron chi connectivity index (χ1n) is 11.9. The molecule has 2 aromatic heterocycles. The van der Waals surface area contributed by atoms with Crippen molar-refractivity contribution in [1.29, 1.82) is 0 Å². The zero-order chi connectivity index (χ0) is 24.4. The minimum absolute atomic E-state index is 0.236. The van der Waals surface area contributed by atoms with Gasteiger partial charge in [0.25, 0.3) is 5.56 Å². The molecular weight excluding hydrogens is 464 g/mol. The highest BCUT2D eigenvalue weighted by molar-refractivity contribution is 7.77. The van der Waals surface area contributed by atoms with Crippen molar-refractivity contribution >= 4 is 29.5 Å². The number of fused-ring (bicyclic) bond motifs is 1. The highest BCUT2D eigenvalue weighted by Crippen LogP contribution is 2.55. The van der Waals surface area contributed by atoms with Gasteiger partial charge in [0, 0.05) is 24.2 Å². The number of rotatable bonds is 6. The highest BCUT2D eigenvalue weighted by atomic mass is 31.2. The molecule has 180 valence electrons. The Hall–Kier alpha value is -3.22. The highest BCUT2D eigenvalue weighted by Gasteiger charge is 2.45. The lowest BCUT2D eigenvalue weighted by molar-refractivity contribution is 0.585. The lowest BCUT2D eigenvalue weighted by Crippen LogP contribution is -2.41. The van der Waals surface area contributed by atoms with Crippen LogP contribution in [0.5, 0.6) is 0 Å². The zero-order valence-corrected chi connectivity index (χ0v) is 20.5. The van der Waals surface area contributed by atoms with Gasteiger partial charge in [-0.15, -0.1) is 0 Å². The summed E-state index contributed by atoms with van der Waals surface area (Å²) in [5.41, 5.74) is 2.43. The lowest BCUT2D eigenvalue weighted by Gasteiger charge is -2.32. The molecule has 2 aromatic carbocycles. The number of nitrogens with zero attached hydrogens (tertiary/aromatic N) is 4. The molecule has 0 amide bonds. The van der Waals surface area contributed by atoms with Crippen molar-refractivity contribution in [1.82, 2.24) is 20.2 Å². The van der Waals surface area contributed by atoms with Gasteiger partial charge in [-0.05, 0) is 35.7 Å². The van der Waals surface area contributed by atoms with Gasteiger partial charge in [0.05, 0.1) is 24.2 Å². The number of aromatic nitrogens is 4. The zero-order valence-electron chi connectivity index (χ0n) is 19.6. The molecule has 3 heterocycles. The van der Waals surface area contributed by atoms with E-state index in [1.165, 1.54) is 6.07 Å². The molecule has 4 aromatic rings. The first kappa shape index (κ1) is 23.5. The minimum Gasteiger partial charge on any atom is -0.333 e. The van der Waals surface area contributed by atoms with E-state index in [1.54, 1.807) is 18.2 Å². The predicted molar refractivity (Wildman–Crippen MR) is 138 cm³/mol. The van der Waals surface area contributed by atoms with Crippen LogP contribution in [0.4, 0.5) is 10.3 Å². The Morgan fingerprint density at radius 1 is 1.06 bits per heavy atom. The lowest BCUT2D eigenvalue weighted by atomic mass is 10.0. The fourth-order valence-corrected chi connectivity index (χ4v) is 7.38. The summed E-state index contributed by atoms with van der Waals surface area (Å²) in [6.45, 7) is 3.27. The number of anilines is 1. The molecule has 1 aliphatic rings. The maximum absolute atomic E-state index is 14.9. The van der Waals surface area contributed by atoms with Gasteiger partial charge in [0.15, 0.2) is 18.6 Å². The number of nitrogens with one attached hydrogen (secondary N) is 1. The van der Waals surface area contributed by atoms with Crippen molar-refractivity contribution in [3.8, 4) is 0 Å². The largest absolute Gasteiger partial charge is 0.333 e. The SMILES string of the molecule is CCCc1cnc(N2CC[P+](O)(c3cc(Cc4n[nH]c(=O)c5ccccc45)ccc3F)CC2)nc1. The standard InChI is InChI=1S/C26H27FN5O2P/c1-2-5-19-16-28-26(29-17-19)32-10-12-35(34,13-11-32)24-15-18(8-9-22(24)27)14-23-20-6-3-4-7-21(20)25(33)31-30-23/h3-4,6-9,15-17,34H,2,5,10-14H2,1H3/p+1. The summed E-state index contributed by atoms with van der Waals surface area (Å²) < 4.78 is 14.9. The molecule has 0 aliphatic carbocycles. The van der Waals surface area contributed by atoms with Crippen LogP contribution in [0.2, 0.25) is 0 Å². The molecule has 0 radical (unpaired) electrons. The van der Waals surface area contributed by atoms with E-state index >= 15 is 0 Å². The monoisotopic (exact) mass is 492 g/mol. The van der Waals surface area contributed by atoms with E-state index in [0.29, 0.717) is 54.2 Å². The summed E-state index contributed by atoms with van der Waals surface area (Å²) in [6, 6.07) is 12.2. The van der Waals surface area contributed by atoms with Crippen molar-refractivity contribution in [2.24, 2.45) is 0 Å². The van der Waals surface area contributed by atoms with E-state index in [0.717, 1.165) is 29.4 Å². The molecule has 1 fully saturated rings. The summed E-state index contributed by atoms with van der Waals surface area (Å²) >= 11 is 0. The second-order valence-electron chi connectivity index (χ2n) is 9.01. The van der Waals surface area contributed by atoms with Crippen LogP contribution < -0.4 is 15.8 Å². The van der Waals surface area contributed by atoms with Crippen LogP contribution in [0, 0.1) is 5.82 Å². The van der Waals surface area contributed by atoms with Crippen LogP contribution in [-0.2, 0) is 12.8 Å². The Morgan fingerprint density at radius 3 is 2.49 bits per heavy atom. The molecule has 0 atom stereocenters. The van der Waals surface area contributed by atoms with Crippen LogP contribution in [-0.4, -0.2) is 50.5 Å². The first-order chi connectivity index (χ1) is 17.0. The van der Waals surface area contributed by atoms with Gasteiger partial charge in [-0.2, -0.15) is 5.10 Å². The van der Waals surface area contributed by atoms with Gasteiger partial charge >= 0.3 is 0 Å². The average molecular weight is 493 g/mol. The fourth-order valence-electron chi connectivity index (χ4n) is 4.65. The summed E-state index contributed by atoms with van der Waals surface area (Å²) in [4.78, 5) is 34.7. The van der Waals surface area contributed by atoms with E-state index in [9.17, 15) is 14.1 Å². The van der Waals surface area contributed by atoms with Gasteiger partial charge in [-0.1, -0.05) is 37.6 Å². The number of hydrogen-bond donors (Lipinski definition) is 2. The molecule has 0 bridgehead atoms. The maximum Gasteiger partial charge on any atom is 0.272 e. The predicted octanol–water partition coefficient (Wildman–Crippen LogP) is 3.47. The van der Waals surface area contributed by atoms with Gasteiger partial charge in [-0.3, -0.25) is 4.79 Å². The number of halogens is 1. The molecule has 0 unspecified atom stereocenters. The van der Waals surface area contributed by atoms with E-state index in [2.05, 4.69) is 32.0 Å². The molecule has 1 aliphatic heterocycles. The van der Waals surface area contributed by atoms with Crippen molar-refractivity contribution in [3.63, 3.8) is 0 Å². The average Bonchev–Trinajstić information content (AvgIpc) is 2.88. The molecule has 1 saturated heterocycles. The summed E-state index contributed by atoms with van der Waals surface area (Å²) in [6.07, 6.45) is 7.10. The minimum atomic E-state index is -2.67. The maximum atomic E-state index is 14.9. The molecule has 0 spiro atoms. The van der Waals surface area contributed by atoms with Crippen LogP contribution in [0.1, 0.15) is 30.2 Å². The van der Waals surface area contributed by atoms with E-state index < -0.39 is 7.49 Å². The van der Waals surface area contributed by atoms with Gasteiger partial charge < -0.3 is 4.90 Å². The molecule has 35 heavy (non-hydrogen) atoms. The third-order valence-electron chi connectivity index (χ3n) is 6.60. The molecule has 5 rings (SSSR count). The normalized spacial score (nSPS) is 15.5. The number of H-pyrrole nitrogens is 1. The van der Waals surface area contributed by atoms with Gasteiger partial charge in [-0.25, -0.2) is 24.4 Å². The van der Waals surface area contributed by atoms with Gasteiger partial charge in [0.2, 0.25) is 5.95 Å². The Labute approximate surface area is 203 Å². The second-order valence-corrected chi connectivity index (χ2v) is 12.2. The van der Waals surface area contributed by atoms with Crippen LogP contribution >= 0.6 is 7.49 Å². The summed E-state index contributed by atoms with van der Waals surface area (Å²) in [5, 5.41) is 8.54. The van der Waals surface area contributed by atoms with Crippen molar-refractivity contribution in [2.45, 2.75) is 26.2 Å². The third kappa shape index (κ3) is 4.81. The van der Waals surface area contributed by atoms with Crippen molar-refractivity contribution in [2.75, 3.05) is 30.3 Å². The van der Waals surface area contributed by atoms with E-state index in [1.807, 2.05) is 30.6 Å². The number of aromatic amines is 1. The Balaban J connectivity index is 1.35. The molecule has 0 saturated carbocycles.